The number of carbonyl (C=O) groups is 3. The molecule has 3 aliphatic rings. The maximum absolute atomic E-state index is 13.7. The van der Waals surface area contributed by atoms with Crippen LogP contribution in [0.4, 0.5) is 4.79 Å². The standard InChI is InChI=1S/C44H50N8O5/c1-25(33-7-5-19-45-22-33)48-42(53)38-32-18-17-31(21-32)37(38)41-47-24-35(50-41)30-15-11-28(12-16-30)27-9-13-29(14-10-27)34-23-46-40(49-34)36-8-6-20-52(36)43(54)39(26(2)56-3)51-44(55)57-4/h5,7,9-16,19,22-26,31-32,36-39H,6,8,17-18,20-21H2,1-4H3,(H,46,49)(H,47,50)(H,48,53)(H,51,55)/t25-,26-,31?,32?,36+,37-,38-,39+/m1/s1. The zero-order valence-corrected chi connectivity index (χ0v) is 32.8. The topological polar surface area (TPSA) is 167 Å². The van der Waals surface area contributed by atoms with Crippen LogP contribution in [0.25, 0.3) is 33.6 Å². The van der Waals surface area contributed by atoms with Crippen LogP contribution in [0.1, 0.15) is 81.2 Å². The van der Waals surface area contributed by atoms with Crippen molar-refractivity contribution in [1.29, 1.82) is 0 Å². The van der Waals surface area contributed by atoms with Gasteiger partial charge in [-0.3, -0.25) is 14.6 Å². The van der Waals surface area contributed by atoms with Crippen LogP contribution in [0.5, 0.6) is 0 Å². The molecule has 2 saturated carbocycles. The van der Waals surface area contributed by atoms with E-state index in [0.717, 1.165) is 77.1 Å². The van der Waals surface area contributed by atoms with Crippen molar-refractivity contribution in [1.82, 2.24) is 40.5 Å². The average molecular weight is 771 g/mol. The highest BCUT2D eigenvalue weighted by Crippen LogP contribution is 2.56. The molecule has 57 heavy (non-hydrogen) atoms. The Morgan fingerprint density at radius 1 is 0.789 bits per heavy atom. The van der Waals surface area contributed by atoms with Crippen LogP contribution < -0.4 is 10.6 Å². The van der Waals surface area contributed by atoms with Gasteiger partial charge in [-0.2, -0.15) is 0 Å². The minimum absolute atomic E-state index is 0.0781. The van der Waals surface area contributed by atoms with E-state index in [2.05, 4.69) is 79.1 Å². The van der Waals surface area contributed by atoms with E-state index >= 15 is 0 Å². The van der Waals surface area contributed by atoms with Crippen LogP contribution in [-0.2, 0) is 19.1 Å². The number of alkyl carbamates (subject to hydrolysis) is 1. The summed E-state index contributed by atoms with van der Waals surface area (Å²) in [4.78, 5) is 61.9. The molecule has 4 heterocycles. The van der Waals surface area contributed by atoms with E-state index in [0.29, 0.717) is 24.2 Å². The molecule has 13 heteroatoms. The Morgan fingerprint density at radius 2 is 1.42 bits per heavy atom. The Bertz CT molecular complexity index is 2190. The molecule has 2 bridgehead atoms. The number of ether oxygens (including phenoxy) is 2. The molecule has 4 N–H and O–H groups in total. The van der Waals surface area contributed by atoms with Gasteiger partial charge in [-0.25, -0.2) is 14.8 Å². The van der Waals surface area contributed by atoms with Crippen LogP contribution in [0.2, 0.25) is 0 Å². The van der Waals surface area contributed by atoms with Crippen molar-refractivity contribution < 1.29 is 23.9 Å². The molecular formula is C44H50N8O5. The van der Waals surface area contributed by atoms with Crippen molar-refractivity contribution in [3.05, 3.63) is 103 Å². The first-order valence-electron chi connectivity index (χ1n) is 19.9. The summed E-state index contributed by atoms with van der Waals surface area (Å²) in [7, 11) is 2.77. The van der Waals surface area contributed by atoms with Gasteiger partial charge < -0.3 is 35.0 Å². The highest BCUT2D eigenvalue weighted by Gasteiger charge is 2.52. The highest BCUT2D eigenvalue weighted by atomic mass is 16.5. The molecule has 8 rings (SSSR count). The number of methoxy groups -OCH3 is 2. The number of hydrogen-bond acceptors (Lipinski definition) is 8. The van der Waals surface area contributed by atoms with Gasteiger partial charge in [0.05, 0.1) is 55.0 Å². The average Bonchev–Trinajstić information content (AvgIpc) is 4.11. The number of benzene rings is 2. The van der Waals surface area contributed by atoms with Crippen LogP contribution >= 0.6 is 0 Å². The molecule has 3 amide bonds. The fourth-order valence-electron chi connectivity index (χ4n) is 9.27. The third-order valence-electron chi connectivity index (χ3n) is 12.4. The summed E-state index contributed by atoms with van der Waals surface area (Å²) in [5, 5.41) is 5.90. The lowest BCUT2D eigenvalue weighted by Gasteiger charge is -2.30. The van der Waals surface area contributed by atoms with E-state index in [1.807, 2.05) is 31.5 Å². The molecule has 296 valence electrons. The van der Waals surface area contributed by atoms with E-state index in [4.69, 9.17) is 14.5 Å². The third kappa shape index (κ3) is 7.68. The molecule has 0 spiro atoms. The lowest BCUT2D eigenvalue weighted by Crippen LogP contribution is -2.54. The Balaban J connectivity index is 0.922. The number of carbonyl (C=O) groups excluding carboxylic acids is 3. The van der Waals surface area contributed by atoms with E-state index in [-0.39, 0.29) is 35.7 Å². The van der Waals surface area contributed by atoms with Gasteiger partial charge in [0, 0.05) is 32.0 Å². The minimum atomic E-state index is -0.886. The summed E-state index contributed by atoms with van der Waals surface area (Å²) >= 11 is 0. The van der Waals surface area contributed by atoms with Gasteiger partial charge in [0.1, 0.15) is 17.7 Å². The molecule has 8 atom stereocenters. The van der Waals surface area contributed by atoms with Crippen molar-refractivity contribution in [3.63, 3.8) is 0 Å². The molecule has 2 unspecified atom stereocenters. The van der Waals surface area contributed by atoms with Crippen molar-refractivity contribution in [2.24, 2.45) is 17.8 Å². The zero-order valence-electron chi connectivity index (χ0n) is 32.8. The van der Waals surface area contributed by atoms with E-state index in [1.54, 1.807) is 24.2 Å². The van der Waals surface area contributed by atoms with Crippen molar-refractivity contribution in [2.75, 3.05) is 20.8 Å². The molecule has 3 fully saturated rings. The number of aromatic amines is 2. The van der Waals surface area contributed by atoms with Crippen molar-refractivity contribution in [2.45, 2.75) is 76.1 Å². The summed E-state index contributed by atoms with van der Waals surface area (Å²) in [6.07, 6.45) is 10.9. The number of hydrogen-bond donors (Lipinski definition) is 4. The number of amides is 3. The second-order valence-corrected chi connectivity index (χ2v) is 15.7. The molecule has 2 aliphatic carbocycles. The summed E-state index contributed by atoms with van der Waals surface area (Å²) in [5.41, 5.74) is 6.98. The van der Waals surface area contributed by atoms with Crippen molar-refractivity contribution >= 4 is 17.9 Å². The molecule has 13 nitrogen and oxygen atoms in total. The first-order valence-corrected chi connectivity index (χ1v) is 19.9. The van der Waals surface area contributed by atoms with Gasteiger partial charge in [0.15, 0.2) is 0 Å². The van der Waals surface area contributed by atoms with E-state index in [1.165, 1.54) is 14.2 Å². The Hall–Kier alpha value is -5.82. The first-order chi connectivity index (χ1) is 27.7. The second kappa shape index (κ2) is 16.3. The monoisotopic (exact) mass is 770 g/mol. The lowest BCUT2D eigenvalue weighted by atomic mass is 9.78. The summed E-state index contributed by atoms with van der Waals surface area (Å²) in [6.45, 7) is 4.31. The van der Waals surface area contributed by atoms with Gasteiger partial charge in [-0.1, -0.05) is 54.6 Å². The fraction of sp³-hybridized carbons (Fsp3) is 0.409. The number of aromatic nitrogens is 5. The number of pyridine rings is 1. The number of rotatable bonds is 12. The smallest absolute Gasteiger partial charge is 0.407 e. The van der Waals surface area contributed by atoms with Gasteiger partial charge in [0.2, 0.25) is 11.8 Å². The van der Waals surface area contributed by atoms with Crippen LogP contribution in [0, 0.1) is 17.8 Å². The largest absolute Gasteiger partial charge is 0.453 e. The molecule has 1 saturated heterocycles. The molecule has 5 aromatic rings. The van der Waals surface area contributed by atoms with Crippen LogP contribution in [0.3, 0.4) is 0 Å². The lowest BCUT2D eigenvalue weighted by molar-refractivity contribution is -0.137. The van der Waals surface area contributed by atoms with E-state index < -0.39 is 18.2 Å². The molecule has 2 aromatic carbocycles. The van der Waals surface area contributed by atoms with Gasteiger partial charge in [-0.15, -0.1) is 0 Å². The quantitative estimate of drug-likeness (QED) is 0.106. The summed E-state index contributed by atoms with van der Waals surface area (Å²) < 4.78 is 10.2. The Labute approximate surface area is 332 Å². The number of fused-ring (bicyclic) bond motifs is 2. The zero-order chi connectivity index (χ0) is 39.6. The van der Waals surface area contributed by atoms with Gasteiger partial charge in [0.25, 0.3) is 0 Å². The SMILES string of the molecule is COC(=O)N[C@H](C(=O)N1CCC[C@H]1c1ncc(-c2ccc(-c3ccc(-c4cnc([C@@H]5C6CCC(C6)[C@H]5C(=O)N[C@H](C)c5cccnc5)[nH]4)cc3)cc2)[nH]1)[C@@H](C)OC. The Kier molecular flexibility index (Phi) is 10.9. The van der Waals surface area contributed by atoms with E-state index in [9.17, 15) is 14.4 Å². The maximum Gasteiger partial charge on any atom is 0.407 e. The first kappa shape index (κ1) is 38.1. The summed E-state index contributed by atoms with van der Waals surface area (Å²) in [6, 6.07) is 19.4. The van der Waals surface area contributed by atoms with Crippen LogP contribution in [0.15, 0.2) is 85.5 Å². The highest BCUT2D eigenvalue weighted by molar-refractivity contribution is 5.87. The fourth-order valence-corrected chi connectivity index (χ4v) is 9.27. The number of likely N-dealkylation sites (tertiary alicyclic amines) is 1. The number of nitrogens with one attached hydrogen (secondary N) is 4. The second-order valence-electron chi connectivity index (χ2n) is 15.7. The van der Waals surface area contributed by atoms with Crippen LogP contribution in [-0.4, -0.2) is 80.6 Å². The minimum Gasteiger partial charge on any atom is -0.453 e. The van der Waals surface area contributed by atoms with Crippen molar-refractivity contribution in [3.8, 4) is 33.6 Å². The molecule has 0 radical (unpaired) electrons. The predicted molar refractivity (Wildman–Crippen MR) is 214 cm³/mol. The van der Waals surface area contributed by atoms with Gasteiger partial charge >= 0.3 is 6.09 Å². The van der Waals surface area contributed by atoms with Gasteiger partial charge in [-0.05, 0) is 91.7 Å². The third-order valence-corrected chi connectivity index (χ3v) is 12.4. The predicted octanol–water partition coefficient (Wildman–Crippen LogP) is 6.96. The maximum atomic E-state index is 13.7. The molecular weight excluding hydrogens is 721 g/mol. The number of H-pyrrole nitrogens is 2. The molecule has 1 aliphatic heterocycles. The molecule has 3 aromatic heterocycles. The summed E-state index contributed by atoms with van der Waals surface area (Å²) in [5.74, 6) is 2.30. The number of imidazole rings is 2. The Morgan fingerprint density at radius 3 is 2.05 bits per heavy atom. The number of nitrogens with zero attached hydrogens (tertiary/aromatic N) is 4. The normalized spacial score (nSPS) is 22.9.